The normalized spacial score (nSPS) is 11.2. The number of rotatable bonds is 3. The summed E-state index contributed by atoms with van der Waals surface area (Å²) in [7, 11) is 1.27. The van der Waals surface area contributed by atoms with Crippen molar-refractivity contribution in [3.05, 3.63) is 40.9 Å². The van der Waals surface area contributed by atoms with Crippen LogP contribution in [0.1, 0.15) is 0 Å². The lowest BCUT2D eigenvalue weighted by Gasteiger charge is -2.10. The fourth-order valence-electron chi connectivity index (χ4n) is 1.62. The van der Waals surface area contributed by atoms with Crippen molar-refractivity contribution in [2.24, 2.45) is 0 Å². The zero-order valence-corrected chi connectivity index (χ0v) is 10.2. The second kappa shape index (κ2) is 5.24. The first-order valence-corrected chi connectivity index (χ1v) is 5.38. The van der Waals surface area contributed by atoms with Crippen LogP contribution in [0.5, 0.6) is 11.5 Å². The second-order valence-corrected chi connectivity index (χ2v) is 3.69. The Balaban J connectivity index is 2.47. The molecule has 0 fully saturated rings. The van der Waals surface area contributed by atoms with Gasteiger partial charge in [-0.15, -0.1) is 13.2 Å². The lowest BCUT2D eigenvalue weighted by molar-refractivity contribution is -0.274. The van der Waals surface area contributed by atoms with Crippen LogP contribution >= 0.6 is 0 Å². The van der Waals surface area contributed by atoms with Crippen LogP contribution in [0.2, 0.25) is 0 Å². The van der Waals surface area contributed by atoms with Gasteiger partial charge in [0.2, 0.25) is 5.75 Å². The van der Waals surface area contributed by atoms with E-state index in [-0.39, 0.29) is 17.0 Å². The van der Waals surface area contributed by atoms with E-state index < -0.39 is 17.7 Å². The molecule has 0 amide bonds. The molecule has 0 atom stereocenters. The summed E-state index contributed by atoms with van der Waals surface area (Å²) in [4.78, 5) is 17.7. The Labute approximate surface area is 111 Å². The number of ether oxygens (including phenoxy) is 2. The molecular formula is C12H9F3N2O3. The summed E-state index contributed by atoms with van der Waals surface area (Å²) in [5.74, 6) is -0.490. The summed E-state index contributed by atoms with van der Waals surface area (Å²) in [6.45, 7) is 0. The zero-order chi connectivity index (χ0) is 14.8. The van der Waals surface area contributed by atoms with Crippen molar-refractivity contribution in [2.75, 3.05) is 7.11 Å². The molecular weight excluding hydrogens is 277 g/mol. The van der Waals surface area contributed by atoms with E-state index in [2.05, 4.69) is 14.7 Å². The third-order valence-corrected chi connectivity index (χ3v) is 2.36. The zero-order valence-electron chi connectivity index (χ0n) is 10.2. The van der Waals surface area contributed by atoms with Crippen LogP contribution in [-0.4, -0.2) is 23.4 Å². The minimum absolute atomic E-state index is 0.0864. The van der Waals surface area contributed by atoms with E-state index in [4.69, 9.17) is 4.74 Å². The first kappa shape index (κ1) is 13.9. The molecule has 1 aromatic heterocycles. The average Bonchev–Trinajstić information content (AvgIpc) is 2.36. The van der Waals surface area contributed by atoms with Gasteiger partial charge in [-0.2, -0.15) is 0 Å². The Morgan fingerprint density at radius 2 is 2.05 bits per heavy atom. The van der Waals surface area contributed by atoms with Gasteiger partial charge in [-0.3, -0.25) is 4.79 Å². The highest BCUT2D eigenvalue weighted by Crippen LogP contribution is 2.29. The summed E-state index contributed by atoms with van der Waals surface area (Å²) in [5, 5.41) is 0. The SMILES string of the molecule is COc1c(-c2cccc(OC(F)(F)F)c2)nc[nH]c1=O. The van der Waals surface area contributed by atoms with E-state index in [0.717, 1.165) is 18.5 Å². The number of aromatic amines is 1. The molecule has 0 spiro atoms. The van der Waals surface area contributed by atoms with Gasteiger partial charge in [-0.25, -0.2) is 4.98 Å². The molecule has 2 rings (SSSR count). The molecule has 0 aliphatic carbocycles. The van der Waals surface area contributed by atoms with Gasteiger partial charge in [0, 0.05) is 5.56 Å². The number of alkyl halides is 3. The summed E-state index contributed by atoms with van der Waals surface area (Å²) >= 11 is 0. The van der Waals surface area contributed by atoms with E-state index in [1.807, 2.05) is 0 Å². The predicted octanol–water partition coefficient (Wildman–Crippen LogP) is 2.34. The van der Waals surface area contributed by atoms with Gasteiger partial charge in [0.1, 0.15) is 11.4 Å². The monoisotopic (exact) mass is 286 g/mol. The average molecular weight is 286 g/mol. The molecule has 0 bridgehead atoms. The highest BCUT2D eigenvalue weighted by Gasteiger charge is 2.31. The molecule has 0 radical (unpaired) electrons. The van der Waals surface area contributed by atoms with Gasteiger partial charge >= 0.3 is 6.36 Å². The number of halogens is 3. The van der Waals surface area contributed by atoms with Crippen molar-refractivity contribution in [1.82, 2.24) is 9.97 Å². The van der Waals surface area contributed by atoms with Gasteiger partial charge < -0.3 is 14.5 Å². The summed E-state index contributed by atoms with van der Waals surface area (Å²) < 4.78 is 45.2. The van der Waals surface area contributed by atoms with Crippen LogP contribution < -0.4 is 15.0 Å². The third kappa shape index (κ3) is 3.08. The minimum Gasteiger partial charge on any atom is -0.490 e. The van der Waals surface area contributed by atoms with Crippen LogP contribution in [0.4, 0.5) is 13.2 Å². The highest BCUT2D eigenvalue weighted by atomic mass is 19.4. The van der Waals surface area contributed by atoms with Crippen molar-refractivity contribution in [1.29, 1.82) is 0 Å². The standard InChI is InChI=1S/C12H9F3N2O3/c1-19-10-9(16-6-17-11(10)18)7-3-2-4-8(5-7)20-12(13,14)15/h2-6H,1H3,(H,16,17,18). The number of methoxy groups -OCH3 is 1. The number of H-pyrrole nitrogens is 1. The number of nitrogens with one attached hydrogen (secondary N) is 1. The van der Waals surface area contributed by atoms with Gasteiger partial charge in [0.05, 0.1) is 13.4 Å². The maximum atomic E-state index is 12.2. The van der Waals surface area contributed by atoms with Crippen LogP contribution in [0.25, 0.3) is 11.3 Å². The van der Waals surface area contributed by atoms with E-state index in [1.165, 1.54) is 19.2 Å². The number of aromatic nitrogens is 2. The van der Waals surface area contributed by atoms with E-state index in [1.54, 1.807) is 0 Å². The first-order valence-electron chi connectivity index (χ1n) is 5.38. The number of nitrogens with zero attached hydrogens (tertiary/aromatic N) is 1. The van der Waals surface area contributed by atoms with E-state index in [0.29, 0.717) is 0 Å². The van der Waals surface area contributed by atoms with Crippen LogP contribution in [0.3, 0.4) is 0 Å². The number of hydrogen-bond acceptors (Lipinski definition) is 4. The van der Waals surface area contributed by atoms with Gasteiger partial charge in [-0.1, -0.05) is 12.1 Å². The maximum Gasteiger partial charge on any atom is 0.573 e. The molecule has 0 saturated heterocycles. The Kier molecular flexibility index (Phi) is 3.64. The smallest absolute Gasteiger partial charge is 0.490 e. The second-order valence-electron chi connectivity index (χ2n) is 3.69. The van der Waals surface area contributed by atoms with Gasteiger partial charge in [0.25, 0.3) is 5.56 Å². The van der Waals surface area contributed by atoms with Crippen molar-refractivity contribution in [3.8, 4) is 22.8 Å². The van der Waals surface area contributed by atoms with Crippen LogP contribution in [0, 0.1) is 0 Å². The summed E-state index contributed by atoms with van der Waals surface area (Å²) in [6.07, 6.45) is -3.65. The minimum atomic E-state index is -4.79. The Bertz CT molecular complexity index is 667. The van der Waals surface area contributed by atoms with Crippen LogP contribution in [-0.2, 0) is 0 Å². The lowest BCUT2D eigenvalue weighted by Crippen LogP contribution is -2.17. The van der Waals surface area contributed by atoms with Crippen LogP contribution in [0.15, 0.2) is 35.4 Å². The molecule has 5 nitrogen and oxygen atoms in total. The third-order valence-electron chi connectivity index (χ3n) is 2.36. The quantitative estimate of drug-likeness (QED) is 0.940. The van der Waals surface area contributed by atoms with Gasteiger partial charge in [-0.05, 0) is 12.1 Å². The molecule has 0 saturated carbocycles. The van der Waals surface area contributed by atoms with E-state index in [9.17, 15) is 18.0 Å². The molecule has 8 heteroatoms. The van der Waals surface area contributed by atoms with Crippen molar-refractivity contribution in [2.45, 2.75) is 6.36 Å². The fraction of sp³-hybridized carbons (Fsp3) is 0.167. The molecule has 0 aliphatic heterocycles. The number of benzene rings is 1. The summed E-state index contributed by atoms with van der Waals surface area (Å²) in [6, 6.07) is 5.13. The van der Waals surface area contributed by atoms with Crippen molar-refractivity contribution in [3.63, 3.8) is 0 Å². The number of hydrogen-bond donors (Lipinski definition) is 1. The highest BCUT2D eigenvalue weighted by molar-refractivity contribution is 5.66. The molecule has 0 unspecified atom stereocenters. The Hall–Kier alpha value is -2.51. The van der Waals surface area contributed by atoms with Crippen molar-refractivity contribution >= 4 is 0 Å². The molecule has 1 aromatic carbocycles. The van der Waals surface area contributed by atoms with E-state index >= 15 is 0 Å². The molecule has 1 N–H and O–H groups in total. The molecule has 106 valence electrons. The topological polar surface area (TPSA) is 64.2 Å². The molecule has 20 heavy (non-hydrogen) atoms. The summed E-state index contributed by atoms with van der Waals surface area (Å²) in [5.41, 5.74) is -0.127. The lowest BCUT2D eigenvalue weighted by atomic mass is 10.1. The first-order chi connectivity index (χ1) is 9.40. The molecule has 2 aromatic rings. The Morgan fingerprint density at radius 1 is 1.30 bits per heavy atom. The Morgan fingerprint density at radius 3 is 2.70 bits per heavy atom. The largest absolute Gasteiger partial charge is 0.573 e. The fourth-order valence-corrected chi connectivity index (χ4v) is 1.62. The maximum absolute atomic E-state index is 12.2. The van der Waals surface area contributed by atoms with Crippen molar-refractivity contribution < 1.29 is 22.6 Å². The molecule has 1 heterocycles. The molecule has 0 aliphatic rings. The predicted molar refractivity (Wildman–Crippen MR) is 63.5 cm³/mol. The van der Waals surface area contributed by atoms with Gasteiger partial charge in [0.15, 0.2) is 0 Å².